The Kier molecular flexibility index (Phi) is 3.30. The number of methoxy groups -OCH3 is 1. The van der Waals surface area contributed by atoms with Crippen molar-refractivity contribution in [2.24, 2.45) is 5.73 Å². The highest BCUT2D eigenvalue weighted by Gasteiger charge is 2.49. The van der Waals surface area contributed by atoms with Gasteiger partial charge in [-0.25, -0.2) is 0 Å². The van der Waals surface area contributed by atoms with Crippen molar-refractivity contribution in [1.82, 2.24) is 4.90 Å². The second-order valence-corrected chi connectivity index (χ2v) is 4.81. The van der Waals surface area contributed by atoms with Crippen LogP contribution in [0.4, 0.5) is 0 Å². The molecule has 4 heteroatoms. The van der Waals surface area contributed by atoms with Crippen molar-refractivity contribution >= 4 is 0 Å². The molecule has 2 rings (SSSR count). The van der Waals surface area contributed by atoms with Crippen molar-refractivity contribution in [3.05, 3.63) is 0 Å². The van der Waals surface area contributed by atoms with Gasteiger partial charge in [-0.15, -0.1) is 0 Å². The number of nitrogens with zero attached hydrogens (tertiary/aromatic N) is 1. The Morgan fingerprint density at radius 3 is 2.80 bits per heavy atom. The summed E-state index contributed by atoms with van der Waals surface area (Å²) >= 11 is 0. The minimum atomic E-state index is 0.184. The molecule has 0 aromatic rings. The van der Waals surface area contributed by atoms with Gasteiger partial charge in [0.25, 0.3) is 0 Å². The SMILES string of the molecule is COC1CC(CN)(N2CCOCC2C)C1. The molecule has 0 spiro atoms. The molecule has 0 amide bonds. The minimum Gasteiger partial charge on any atom is -0.381 e. The summed E-state index contributed by atoms with van der Waals surface area (Å²) in [6.07, 6.45) is 2.55. The third-order valence-electron chi connectivity index (χ3n) is 3.91. The molecule has 0 aromatic carbocycles. The van der Waals surface area contributed by atoms with E-state index in [0.29, 0.717) is 12.1 Å². The van der Waals surface area contributed by atoms with Crippen LogP contribution in [-0.2, 0) is 9.47 Å². The molecule has 4 nitrogen and oxygen atoms in total. The zero-order chi connectivity index (χ0) is 10.9. The van der Waals surface area contributed by atoms with E-state index < -0.39 is 0 Å². The van der Waals surface area contributed by atoms with Crippen LogP contribution in [0, 0.1) is 0 Å². The van der Waals surface area contributed by atoms with Gasteiger partial charge in [-0.1, -0.05) is 0 Å². The third-order valence-corrected chi connectivity index (χ3v) is 3.91. The van der Waals surface area contributed by atoms with E-state index in [9.17, 15) is 0 Å². The predicted molar refractivity (Wildman–Crippen MR) is 58.8 cm³/mol. The highest BCUT2D eigenvalue weighted by molar-refractivity contribution is 5.06. The summed E-state index contributed by atoms with van der Waals surface area (Å²) in [6, 6.07) is 0.486. The molecule has 0 radical (unpaired) electrons. The number of hydrogen-bond donors (Lipinski definition) is 1. The third kappa shape index (κ3) is 1.91. The van der Waals surface area contributed by atoms with E-state index >= 15 is 0 Å². The first-order valence-corrected chi connectivity index (χ1v) is 5.79. The van der Waals surface area contributed by atoms with Gasteiger partial charge in [0, 0.05) is 31.8 Å². The summed E-state index contributed by atoms with van der Waals surface area (Å²) in [7, 11) is 1.79. The van der Waals surface area contributed by atoms with Crippen LogP contribution in [0.1, 0.15) is 19.8 Å². The number of morpholine rings is 1. The van der Waals surface area contributed by atoms with E-state index in [-0.39, 0.29) is 5.54 Å². The molecule has 0 aromatic heterocycles. The first kappa shape index (κ1) is 11.3. The van der Waals surface area contributed by atoms with Crippen molar-refractivity contribution in [2.75, 3.05) is 33.4 Å². The molecular weight excluding hydrogens is 192 g/mol. The maximum atomic E-state index is 5.94. The lowest BCUT2D eigenvalue weighted by molar-refractivity contribution is -0.134. The summed E-state index contributed by atoms with van der Waals surface area (Å²) in [5, 5.41) is 0. The first-order valence-electron chi connectivity index (χ1n) is 5.79. The molecule has 2 N–H and O–H groups in total. The Hall–Kier alpha value is -0.160. The van der Waals surface area contributed by atoms with Gasteiger partial charge in [-0.05, 0) is 19.8 Å². The Morgan fingerprint density at radius 2 is 2.27 bits per heavy atom. The monoisotopic (exact) mass is 214 g/mol. The highest BCUT2D eigenvalue weighted by atomic mass is 16.5. The number of nitrogens with two attached hydrogens (primary N) is 1. The van der Waals surface area contributed by atoms with Crippen molar-refractivity contribution in [1.29, 1.82) is 0 Å². The molecule has 88 valence electrons. The van der Waals surface area contributed by atoms with Crippen LogP contribution in [0.3, 0.4) is 0 Å². The summed E-state index contributed by atoms with van der Waals surface area (Å²) in [5.74, 6) is 0. The van der Waals surface area contributed by atoms with Crippen molar-refractivity contribution in [3.8, 4) is 0 Å². The maximum Gasteiger partial charge on any atom is 0.0620 e. The van der Waals surface area contributed by atoms with Gasteiger partial charge in [-0.3, -0.25) is 4.90 Å². The highest BCUT2D eigenvalue weighted by Crippen LogP contribution is 2.40. The maximum absolute atomic E-state index is 5.94. The average molecular weight is 214 g/mol. The van der Waals surface area contributed by atoms with E-state index in [1.54, 1.807) is 7.11 Å². The second-order valence-electron chi connectivity index (χ2n) is 4.81. The lowest BCUT2D eigenvalue weighted by Crippen LogP contribution is -2.68. The average Bonchev–Trinajstić information content (AvgIpc) is 2.20. The van der Waals surface area contributed by atoms with Gasteiger partial charge in [0.1, 0.15) is 0 Å². The largest absolute Gasteiger partial charge is 0.381 e. The standard InChI is InChI=1S/C11H22N2O2/c1-9-7-15-4-3-13(9)11(8-12)5-10(6-11)14-2/h9-10H,3-8,12H2,1-2H3. The fourth-order valence-corrected chi connectivity index (χ4v) is 2.90. The van der Waals surface area contributed by atoms with Crippen LogP contribution in [-0.4, -0.2) is 56.0 Å². The van der Waals surface area contributed by atoms with E-state index in [1.165, 1.54) is 0 Å². The quantitative estimate of drug-likeness (QED) is 0.730. The molecule has 15 heavy (non-hydrogen) atoms. The van der Waals surface area contributed by atoms with Crippen LogP contribution >= 0.6 is 0 Å². The fourth-order valence-electron chi connectivity index (χ4n) is 2.90. The summed E-state index contributed by atoms with van der Waals surface area (Å²) in [6.45, 7) is 5.63. The molecule has 0 bridgehead atoms. The first-order chi connectivity index (χ1) is 7.22. The van der Waals surface area contributed by atoms with Gasteiger partial charge in [0.15, 0.2) is 0 Å². The van der Waals surface area contributed by atoms with Crippen LogP contribution in [0.15, 0.2) is 0 Å². The van der Waals surface area contributed by atoms with Crippen LogP contribution < -0.4 is 5.73 Å². The van der Waals surface area contributed by atoms with E-state index in [2.05, 4.69) is 11.8 Å². The molecule has 1 atom stereocenters. The molecule has 1 aliphatic heterocycles. The van der Waals surface area contributed by atoms with E-state index in [4.69, 9.17) is 15.2 Å². The predicted octanol–water partition coefficient (Wildman–Crippen LogP) is 0.213. The molecule has 1 heterocycles. The summed E-state index contributed by atoms with van der Waals surface area (Å²) in [4.78, 5) is 2.52. The van der Waals surface area contributed by atoms with Crippen LogP contribution in [0.25, 0.3) is 0 Å². The molecular formula is C11H22N2O2. The van der Waals surface area contributed by atoms with Gasteiger partial charge in [0.05, 0.1) is 19.3 Å². The van der Waals surface area contributed by atoms with Crippen molar-refractivity contribution in [2.45, 2.75) is 37.5 Å². The minimum absolute atomic E-state index is 0.184. The summed E-state index contributed by atoms with van der Waals surface area (Å²) < 4.78 is 10.8. The zero-order valence-electron chi connectivity index (χ0n) is 9.74. The Morgan fingerprint density at radius 1 is 1.53 bits per heavy atom. The summed E-state index contributed by atoms with van der Waals surface area (Å²) in [5.41, 5.74) is 6.13. The van der Waals surface area contributed by atoms with Crippen LogP contribution in [0.2, 0.25) is 0 Å². The molecule has 2 aliphatic rings. The molecule has 1 saturated carbocycles. The van der Waals surface area contributed by atoms with E-state index in [1.807, 2.05) is 0 Å². The lowest BCUT2D eigenvalue weighted by atomic mass is 9.72. The smallest absolute Gasteiger partial charge is 0.0620 e. The molecule has 1 saturated heterocycles. The molecule has 1 unspecified atom stereocenters. The van der Waals surface area contributed by atoms with Gasteiger partial charge in [-0.2, -0.15) is 0 Å². The van der Waals surface area contributed by atoms with Gasteiger partial charge >= 0.3 is 0 Å². The van der Waals surface area contributed by atoms with Crippen LogP contribution in [0.5, 0.6) is 0 Å². The Labute approximate surface area is 91.7 Å². The second kappa shape index (κ2) is 4.37. The zero-order valence-corrected chi connectivity index (χ0v) is 9.74. The van der Waals surface area contributed by atoms with Crippen molar-refractivity contribution in [3.63, 3.8) is 0 Å². The van der Waals surface area contributed by atoms with E-state index in [0.717, 1.165) is 39.1 Å². The lowest BCUT2D eigenvalue weighted by Gasteiger charge is -2.56. The van der Waals surface area contributed by atoms with Gasteiger partial charge in [0.2, 0.25) is 0 Å². The Bertz CT molecular complexity index is 217. The number of hydrogen-bond acceptors (Lipinski definition) is 4. The van der Waals surface area contributed by atoms with Gasteiger partial charge < -0.3 is 15.2 Å². The number of ether oxygens (including phenoxy) is 2. The van der Waals surface area contributed by atoms with Crippen molar-refractivity contribution < 1.29 is 9.47 Å². The number of rotatable bonds is 3. The normalized spacial score (nSPS) is 42.6. The molecule has 1 aliphatic carbocycles. The molecule has 2 fully saturated rings. The fraction of sp³-hybridized carbons (Fsp3) is 1.00. The topological polar surface area (TPSA) is 47.7 Å². The Balaban J connectivity index is 2.00.